The topological polar surface area (TPSA) is 43.4 Å². The highest BCUT2D eigenvalue weighted by Gasteiger charge is 2.41. The molecule has 4 heteroatoms. The van der Waals surface area contributed by atoms with Crippen molar-refractivity contribution in [1.82, 2.24) is 0 Å². The van der Waals surface area contributed by atoms with Crippen LogP contribution < -0.4 is 0 Å². The second-order valence-corrected chi connectivity index (χ2v) is 4.66. The van der Waals surface area contributed by atoms with Crippen molar-refractivity contribution in [3.63, 3.8) is 0 Å². The number of methoxy groups -OCH3 is 1. The normalized spacial score (nSPS) is 26.1. The lowest BCUT2D eigenvalue weighted by Gasteiger charge is -2.32. The monoisotopic (exact) mass is 274 g/mol. The van der Waals surface area contributed by atoms with Gasteiger partial charge in [-0.05, 0) is 35.2 Å². The van der Waals surface area contributed by atoms with Crippen molar-refractivity contribution >= 4 is 27.7 Å². The Morgan fingerprint density at radius 2 is 2.33 bits per heavy atom. The molecule has 3 nitrogen and oxygen atoms in total. The molecule has 1 aliphatic carbocycles. The first-order valence-electron chi connectivity index (χ1n) is 5.03. The Hall–Kier alpha value is -0.640. The molecule has 0 radical (unpaired) electrons. The molecule has 15 heavy (non-hydrogen) atoms. The van der Waals surface area contributed by atoms with E-state index in [2.05, 4.69) is 20.7 Å². The minimum Gasteiger partial charge on any atom is -0.469 e. The smallest absolute Gasteiger partial charge is 0.306 e. The number of ketones is 1. The first kappa shape index (κ1) is 12.4. The van der Waals surface area contributed by atoms with Crippen LogP contribution in [0.15, 0.2) is 10.6 Å². The van der Waals surface area contributed by atoms with Gasteiger partial charge in [-0.15, -0.1) is 0 Å². The van der Waals surface area contributed by atoms with Gasteiger partial charge < -0.3 is 4.74 Å². The molecule has 0 aliphatic heterocycles. The van der Waals surface area contributed by atoms with Crippen molar-refractivity contribution in [2.24, 2.45) is 5.41 Å². The largest absolute Gasteiger partial charge is 0.469 e. The fraction of sp³-hybridized carbons (Fsp3) is 0.636. The van der Waals surface area contributed by atoms with E-state index in [1.807, 2.05) is 13.0 Å². The molecule has 0 aromatic rings. The molecule has 1 rings (SSSR count). The van der Waals surface area contributed by atoms with Gasteiger partial charge in [0.05, 0.1) is 18.0 Å². The maximum atomic E-state index is 12.0. The van der Waals surface area contributed by atoms with Gasteiger partial charge in [-0.2, -0.15) is 0 Å². The number of halogens is 1. The average molecular weight is 275 g/mol. The predicted octanol–water partition coefficient (Wildman–Crippen LogP) is 2.59. The zero-order valence-electron chi connectivity index (χ0n) is 9.01. The number of carbonyl (C=O) groups is 2. The van der Waals surface area contributed by atoms with Crippen molar-refractivity contribution in [3.8, 4) is 0 Å². The second-order valence-electron chi connectivity index (χ2n) is 3.81. The molecule has 0 spiro atoms. The Kier molecular flexibility index (Phi) is 4.08. The fourth-order valence-electron chi connectivity index (χ4n) is 1.91. The number of hydrogen-bond acceptors (Lipinski definition) is 3. The Labute approximate surface area is 98.0 Å². The van der Waals surface area contributed by atoms with Gasteiger partial charge in [-0.1, -0.05) is 13.0 Å². The Balaban J connectivity index is 2.90. The molecule has 0 saturated carbocycles. The van der Waals surface area contributed by atoms with Gasteiger partial charge in [0.15, 0.2) is 5.78 Å². The first-order chi connectivity index (χ1) is 7.05. The standard InChI is InChI=1S/C11H15BrO3/c1-3-11(7-9(13)15-2)6-4-5-8(12)10(11)14/h5H,3-4,6-7H2,1-2H3. The molecular formula is C11H15BrO3. The summed E-state index contributed by atoms with van der Waals surface area (Å²) in [5.74, 6) is -0.283. The van der Waals surface area contributed by atoms with Gasteiger partial charge in [0.25, 0.3) is 0 Å². The van der Waals surface area contributed by atoms with E-state index in [1.165, 1.54) is 7.11 Å². The van der Waals surface area contributed by atoms with E-state index in [9.17, 15) is 9.59 Å². The van der Waals surface area contributed by atoms with Crippen molar-refractivity contribution in [2.75, 3.05) is 7.11 Å². The van der Waals surface area contributed by atoms with Gasteiger partial charge >= 0.3 is 5.97 Å². The van der Waals surface area contributed by atoms with E-state index in [1.54, 1.807) is 0 Å². The van der Waals surface area contributed by atoms with Gasteiger partial charge in [0.1, 0.15) is 0 Å². The molecule has 84 valence electrons. The summed E-state index contributed by atoms with van der Waals surface area (Å²) < 4.78 is 5.23. The molecule has 0 amide bonds. The van der Waals surface area contributed by atoms with Crippen molar-refractivity contribution < 1.29 is 14.3 Å². The lowest BCUT2D eigenvalue weighted by Crippen LogP contribution is -2.35. The highest BCUT2D eigenvalue weighted by Crippen LogP contribution is 2.41. The third-order valence-corrected chi connectivity index (χ3v) is 3.72. The van der Waals surface area contributed by atoms with Crippen LogP contribution in [0.25, 0.3) is 0 Å². The minimum absolute atomic E-state index is 0.0293. The molecule has 0 saturated heterocycles. The average Bonchev–Trinajstić information content (AvgIpc) is 2.24. The molecule has 0 aromatic heterocycles. The zero-order chi connectivity index (χ0) is 11.5. The third kappa shape index (κ3) is 2.48. The quantitative estimate of drug-likeness (QED) is 0.743. The second kappa shape index (κ2) is 4.92. The van der Waals surface area contributed by atoms with E-state index < -0.39 is 5.41 Å². The van der Waals surface area contributed by atoms with Crippen LogP contribution in [0.1, 0.15) is 32.6 Å². The van der Waals surface area contributed by atoms with Crippen LogP contribution in [-0.4, -0.2) is 18.9 Å². The summed E-state index contributed by atoms with van der Waals surface area (Å²) in [5, 5.41) is 0. The summed E-state index contributed by atoms with van der Waals surface area (Å²) in [4.78, 5) is 23.3. The Morgan fingerprint density at radius 1 is 1.67 bits per heavy atom. The summed E-state index contributed by atoms with van der Waals surface area (Å²) in [6, 6.07) is 0. The maximum Gasteiger partial charge on any atom is 0.306 e. The van der Waals surface area contributed by atoms with Crippen LogP contribution in [0.5, 0.6) is 0 Å². The first-order valence-corrected chi connectivity index (χ1v) is 5.82. The van der Waals surface area contributed by atoms with Gasteiger partial charge in [-0.25, -0.2) is 0 Å². The van der Waals surface area contributed by atoms with Crippen LogP contribution in [-0.2, 0) is 14.3 Å². The molecule has 1 atom stereocenters. The predicted molar refractivity (Wildman–Crippen MR) is 60.6 cm³/mol. The van der Waals surface area contributed by atoms with E-state index >= 15 is 0 Å². The van der Waals surface area contributed by atoms with Gasteiger partial charge in [0.2, 0.25) is 0 Å². The summed E-state index contributed by atoms with van der Waals surface area (Å²) in [7, 11) is 1.35. The van der Waals surface area contributed by atoms with Crippen LogP contribution in [0.3, 0.4) is 0 Å². The summed E-state index contributed by atoms with van der Waals surface area (Å²) >= 11 is 3.24. The number of esters is 1. The van der Waals surface area contributed by atoms with Crippen LogP contribution in [0, 0.1) is 5.41 Å². The Bertz CT molecular complexity index is 309. The lowest BCUT2D eigenvalue weighted by atomic mass is 9.71. The van der Waals surface area contributed by atoms with Crippen LogP contribution in [0.2, 0.25) is 0 Å². The zero-order valence-corrected chi connectivity index (χ0v) is 10.6. The lowest BCUT2D eigenvalue weighted by molar-refractivity contribution is -0.147. The summed E-state index contributed by atoms with van der Waals surface area (Å²) in [6.07, 6.45) is 4.28. The number of allylic oxidation sites excluding steroid dienone is 2. The maximum absolute atomic E-state index is 12.0. The van der Waals surface area contributed by atoms with E-state index in [4.69, 9.17) is 0 Å². The van der Waals surface area contributed by atoms with Crippen molar-refractivity contribution in [1.29, 1.82) is 0 Å². The summed E-state index contributed by atoms with van der Waals surface area (Å²) in [5.41, 5.74) is -0.555. The number of rotatable bonds is 3. The van der Waals surface area contributed by atoms with E-state index in [0.29, 0.717) is 10.9 Å². The van der Waals surface area contributed by atoms with Crippen LogP contribution in [0.4, 0.5) is 0 Å². The molecule has 0 aromatic carbocycles. The molecule has 0 bridgehead atoms. The minimum atomic E-state index is -0.555. The molecular weight excluding hydrogens is 260 g/mol. The number of hydrogen-bond donors (Lipinski definition) is 0. The van der Waals surface area contributed by atoms with Gasteiger partial charge in [-0.3, -0.25) is 9.59 Å². The molecule has 0 N–H and O–H groups in total. The third-order valence-electron chi connectivity index (χ3n) is 3.03. The molecule has 1 unspecified atom stereocenters. The van der Waals surface area contributed by atoms with Crippen molar-refractivity contribution in [3.05, 3.63) is 10.6 Å². The van der Waals surface area contributed by atoms with Crippen LogP contribution >= 0.6 is 15.9 Å². The Morgan fingerprint density at radius 3 is 2.87 bits per heavy atom. The fourth-order valence-corrected chi connectivity index (χ4v) is 2.56. The highest BCUT2D eigenvalue weighted by molar-refractivity contribution is 9.12. The summed E-state index contributed by atoms with van der Waals surface area (Å²) in [6.45, 7) is 1.94. The number of Topliss-reactive ketones (excluding diaryl/α,β-unsaturated/α-hetero) is 1. The van der Waals surface area contributed by atoms with E-state index in [-0.39, 0.29) is 18.2 Å². The molecule has 0 heterocycles. The van der Waals surface area contributed by atoms with E-state index in [0.717, 1.165) is 12.8 Å². The molecule has 0 fully saturated rings. The van der Waals surface area contributed by atoms with Gasteiger partial charge in [0, 0.05) is 5.41 Å². The number of ether oxygens (including phenoxy) is 1. The molecule has 1 aliphatic rings. The highest BCUT2D eigenvalue weighted by atomic mass is 79.9. The number of carbonyl (C=O) groups excluding carboxylic acids is 2. The van der Waals surface area contributed by atoms with Crippen molar-refractivity contribution in [2.45, 2.75) is 32.6 Å². The SMILES string of the molecule is CCC1(CC(=O)OC)CCC=C(Br)C1=O.